The lowest BCUT2D eigenvalue weighted by molar-refractivity contribution is -0.141. The minimum Gasteiger partial charge on any atom is -0.352 e. The highest BCUT2D eigenvalue weighted by Crippen LogP contribution is 2.22. The molecule has 0 spiro atoms. The third-order valence-electron chi connectivity index (χ3n) is 4.69. The van der Waals surface area contributed by atoms with Crippen LogP contribution in [0.3, 0.4) is 0 Å². The molecule has 0 aromatic heterocycles. The molecule has 0 heterocycles. The topological polar surface area (TPSA) is 49.4 Å². The first-order valence-electron chi connectivity index (χ1n) is 10.3. The summed E-state index contributed by atoms with van der Waals surface area (Å²) >= 11 is 7.55. The molecule has 0 radical (unpaired) electrons. The number of benzene rings is 2. The standard InChI is InChI=1S/C24H31ClN2O2S/c1-5-22(24(29)26-17(2)3)27(16-19-8-6-18(4)7-9-19)23(28)14-15-30-21-12-10-20(25)11-13-21/h6-13,17,22H,5,14-16H2,1-4H3,(H,26,29). The van der Waals surface area contributed by atoms with Crippen LogP contribution >= 0.6 is 23.4 Å². The number of carbonyl (C=O) groups excluding carboxylic acids is 2. The molecule has 2 amide bonds. The molecule has 0 aliphatic rings. The van der Waals surface area contributed by atoms with E-state index >= 15 is 0 Å². The van der Waals surface area contributed by atoms with E-state index in [1.165, 1.54) is 5.56 Å². The molecule has 162 valence electrons. The van der Waals surface area contributed by atoms with Crippen molar-refractivity contribution in [3.05, 3.63) is 64.7 Å². The van der Waals surface area contributed by atoms with Crippen LogP contribution in [-0.2, 0) is 16.1 Å². The Labute approximate surface area is 189 Å². The van der Waals surface area contributed by atoms with Crippen molar-refractivity contribution in [2.75, 3.05) is 5.75 Å². The first kappa shape index (κ1) is 24.3. The van der Waals surface area contributed by atoms with Crippen molar-refractivity contribution in [1.29, 1.82) is 0 Å². The number of aryl methyl sites for hydroxylation is 1. The van der Waals surface area contributed by atoms with E-state index in [1.54, 1.807) is 16.7 Å². The molecule has 0 saturated carbocycles. The minimum absolute atomic E-state index is 0.0113. The highest BCUT2D eigenvalue weighted by atomic mass is 35.5. The maximum absolute atomic E-state index is 13.2. The summed E-state index contributed by atoms with van der Waals surface area (Å²) in [6.45, 7) is 8.27. The Balaban J connectivity index is 2.11. The molecule has 4 nitrogen and oxygen atoms in total. The summed E-state index contributed by atoms with van der Waals surface area (Å²) in [5.41, 5.74) is 2.19. The van der Waals surface area contributed by atoms with Crippen molar-refractivity contribution in [2.24, 2.45) is 0 Å². The van der Waals surface area contributed by atoms with Gasteiger partial charge in [0.1, 0.15) is 6.04 Å². The zero-order valence-corrected chi connectivity index (χ0v) is 19.7. The molecule has 1 atom stereocenters. The van der Waals surface area contributed by atoms with Gasteiger partial charge in [-0.05, 0) is 57.0 Å². The number of rotatable bonds is 10. The third kappa shape index (κ3) is 7.69. The maximum atomic E-state index is 13.2. The normalized spacial score (nSPS) is 11.9. The van der Waals surface area contributed by atoms with Crippen molar-refractivity contribution in [2.45, 2.75) is 64.1 Å². The van der Waals surface area contributed by atoms with E-state index in [4.69, 9.17) is 11.6 Å². The quantitative estimate of drug-likeness (QED) is 0.493. The first-order valence-corrected chi connectivity index (χ1v) is 11.7. The zero-order chi connectivity index (χ0) is 22.1. The van der Waals surface area contributed by atoms with Gasteiger partial charge < -0.3 is 10.2 Å². The predicted molar refractivity (Wildman–Crippen MR) is 126 cm³/mol. The van der Waals surface area contributed by atoms with E-state index in [0.717, 1.165) is 10.5 Å². The van der Waals surface area contributed by atoms with Crippen LogP contribution in [0.4, 0.5) is 0 Å². The largest absolute Gasteiger partial charge is 0.352 e. The number of thioether (sulfide) groups is 1. The molecule has 1 N–H and O–H groups in total. The van der Waals surface area contributed by atoms with Crippen molar-refractivity contribution < 1.29 is 9.59 Å². The molecule has 0 aliphatic heterocycles. The second kappa shape index (κ2) is 12.0. The minimum atomic E-state index is -0.485. The predicted octanol–water partition coefficient (Wildman–Crippen LogP) is 5.46. The summed E-state index contributed by atoms with van der Waals surface area (Å²) in [6, 6.07) is 15.2. The van der Waals surface area contributed by atoms with E-state index in [-0.39, 0.29) is 17.9 Å². The lowest BCUT2D eigenvalue weighted by atomic mass is 10.1. The fourth-order valence-corrected chi connectivity index (χ4v) is 4.09. The van der Waals surface area contributed by atoms with Gasteiger partial charge in [0.15, 0.2) is 0 Å². The maximum Gasteiger partial charge on any atom is 0.243 e. The Hall–Kier alpha value is -1.98. The number of nitrogens with one attached hydrogen (secondary N) is 1. The summed E-state index contributed by atoms with van der Waals surface area (Å²) in [5, 5.41) is 3.66. The van der Waals surface area contributed by atoms with Crippen molar-refractivity contribution in [3.63, 3.8) is 0 Å². The zero-order valence-electron chi connectivity index (χ0n) is 18.2. The van der Waals surface area contributed by atoms with Crippen LogP contribution in [0.25, 0.3) is 0 Å². The Morgan fingerprint density at radius 2 is 1.70 bits per heavy atom. The highest BCUT2D eigenvalue weighted by Gasteiger charge is 2.28. The van der Waals surface area contributed by atoms with Gasteiger partial charge >= 0.3 is 0 Å². The van der Waals surface area contributed by atoms with Crippen LogP contribution in [0.15, 0.2) is 53.4 Å². The second-order valence-electron chi connectivity index (χ2n) is 7.65. The van der Waals surface area contributed by atoms with Gasteiger partial charge in [0, 0.05) is 34.7 Å². The van der Waals surface area contributed by atoms with Gasteiger partial charge in [0.05, 0.1) is 0 Å². The van der Waals surface area contributed by atoms with Crippen molar-refractivity contribution in [1.82, 2.24) is 10.2 Å². The Bertz CT molecular complexity index is 822. The van der Waals surface area contributed by atoms with Gasteiger partial charge in [-0.1, -0.05) is 48.4 Å². The van der Waals surface area contributed by atoms with Gasteiger partial charge in [0.2, 0.25) is 11.8 Å². The molecule has 6 heteroatoms. The van der Waals surface area contributed by atoms with Gasteiger partial charge in [0.25, 0.3) is 0 Å². The van der Waals surface area contributed by atoms with Crippen LogP contribution in [0.5, 0.6) is 0 Å². The van der Waals surface area contributed by atoms with Gasteiger partial charge in [-0.2, -0.15) is 0 Å². The third-order valence-corrected chi connectivity index (χ3v) is 5.95. The first-order chi connectivity index (χ1) is 14.3. The summed E-state index contributed by atoms with van der Waals surface area (Å²) < 4.78 is 0. The number of hydrogen-bond acceptors (Lipinski definition) is 3. The van der Waals surface area contributed by atoms with Crippen LogP contribution in [-0.4, -0.2) is 34.6 Å². The second-order valence-corrected chi connectivity index (χ2v) is 9.25. The Kier molecular flexibility index (Phi) is 9.73. The van der Waals surface area contributed by atoms with E-state index in [2.05, 4.69) is 5.32 Å². The van der Waals surface area contributed by atoms with Crippen LogP contribution in [0.2, 0.25) is 5.02 Å². The number of halogens is 1. The molecule has 0 bridgehead atoms. The summed E-state index contributed by atoms with van der Waals surface area (Å²) in [4.78, 5) is 28.7. The van der Waals surface area contributed by atoms with E-state index < -0.39 is 6.04 Å². The van der Waals surface area contributed by atoms with Crippen LogP contribution in [0, 0.1) is 6.92 Å². The average molecular weight is 447 g/mol. The molecule has 2 rings (SSSR count). The van der Waals surface area contributed by atoms with Crippen molar-refractivity contribution in [3.8, 4) is 0 Å². The fourth-order valence-electron chi connectivity index (χ4n) is 3.12. The Morgan fingerprint density at radius 1 is 1.07 bits per heavy atom. The monoisotopic (exact) mass is 446 g/mol. The molecule has 0 fully saturated rings. The van der Waals surface area contributed by atoms with Gasteiger partial charge in [-0.25, -0.2) is 0 Å². The van der Waals surface area contributed by atoms with Crippen molar-refractivity contribution >= 4 is 35.2 Å². The summed E-state index contributed by atoms with van der Waals surface area (Å²) in [5.74, 6) is 0.536. The SMILES string of the molecule is CCC(C(=O)NC(C)C)N(Cc1ccc(C)cc1)C(=O)CCSc1ccc(Cl)cc1. The molecule has 0 aliphatic carbocycles. The number of amides is 2. The number of hydrogen-bond donors (Lipinski definition) is 1. The van der Waals surface area contributed by atoms with Gasteiger partial charge in [-0.3, -0.25) is 9.59 Å². The average Bonchev–Trinajstić information content (AvgIpc) is 2.70. The van der Waals surface area contributed by atoms with E-state index in [9.17, 15) is 9.59 Å². The fraction of sp³-hybridized carbons (Fsp3) is 0.417. The molecular formula is C24H31ClN2O2S. The highest BCUT2D eigenvalue weighted by molar-refractivity contribution is 7.99. The van der Waals surface area contributed by atoms with E-state index in [1.807, 2.05) is 76.2 Å². The molecule has 2 aromatic rings. The summed E-state index contributed by atoms with van der Waals surface area (Å²) in [7, 11) is 0. The van der Waals surface area contributed by atoms with Crippen LogP contribution in [0.1, 0.15) is 44.7 Å². The molecular weight excluding hydrogens is 416 g/mol. The molecule has 0 saturated heterocycles. The summed E-state index contributed by atoms with van der Waals surface area (Å²) in [6.07, 6.45) is 0.936. The lowest BCUT2D eigenvalue weighted by Crippen LogP contribution is -2.50. The van der Waals surface area contributed by atoms with Crippen LogP contribution < -0.4 is 5.32 Å². The Morgan fingerprint density at radius 3 is 2.27 bits per heavy atom. The smallest absolute Gasteiger partial charge is 0.243 e. The lowest BCUT2D eigenvalue weighted by Gasteiger charge is -2.31. The van der Waals surface area contributed by atoms with Gasteiger partial charge in [-0.15, -0.1) is 11.8 Å². The number of nitrogens with zero attached hydrogens (tertiary/aromatic N) is 1. The van der Waals surface area contributed by atoms with E-state index in [0.29, 0.717) is 30.2 Å². The number of carbonyl (C=O) groups is 2. The molecule has 1 unspecified atom stereocenters. The molecule has 30 heavy (non-hydrogen) atoms. The molecule has 2 aromatic carbocycles.